The van der Waals surface area contributed by atoms with Crippen LogP contribution in [-0.2, 0) is 28.0 Å². The van der Waals surface area contributed by atoms with Crippen LogP contribution in [0.1, 0.15) is 102 Å². The van der Waals surface area contributed by atoms with Crippen LogP contribution in [0.2, 0.25) is 36.3 Å². The molecule has 0 unspecified atom stereocenters. The van der Waals surface area contributed by atoms with Gasteiger partial charge in [0.25, 0.3) is 0 Å². The van der Waals surface area contributed by atoms with Crippen LogP contribution in [0.5, 0.6) is 0 Å². The highest BCUT2D eigenvalue weighted by molar-refractivity contribution is 6.74. The van der Waals surface area contributed by atoms with E-state index in [0.29, 0.717) is 12.8 Å². The van der Waals surface area contributed by atoms with Crippen LogP contribution in [0.4, 0.5) is 0 Å². The van der Waals surface area contributed by atoms with E-state index < -0.39 is 46.1 Å². The number of rotatable bonds is 21. The summed E-state index contributed by atoms with van der Waals surface area (Å²) in [5.74, 6) is -1.26. The Morgan fingerprint density at radius 2 is 1.41 bits per heavy atom. The topological polar surface area (TPSA) is 78.9 Å². The molecule has 0 aliphatic carbocycles. The molecule has 0 N–H and O–H groups in total. The van der Waals surface area contributed by atoms with Crippen LogP contribution in [-0.4, -0.2) is 52.5 Å². The Morgan fingerprint density at radius 3 is 1.82 bits per heavy atom. The first kappa shape index (κ1) is 42.4. The smallest absolute Gasteiger partial charge is 0.309 e. The van der Waals surface area contributed by atoms with Crippen LogP contribution < -0.4 is 0 Å². The minimum atomic E-state index is -2.24. The Kier molecular flexibility index (Phi) is 17.3. The van der Waals surface area contributed by atoms with E-state index in [1.165, 1.54) is 6.92 Å². The maximum Gasteiger partial charge on any atom is 0.309 e. The molecule has 0 aromatic heterocycles. The van der Waals surface area contributed by atoms with E-state index in [9.17, 15) is 14.4 Å². The lowest BCUT2D eigenvalue weighted by molar-refractivity contribution is -0.158. The molecule has 8 heteroatoms. The molecule has 0 rings (SSSR count). The Bertz CT molecular complexity index is 994. The number of carbonyl (C=O) groups excluding carboxylic acids is 3. The quantitative estimate of drug-likeness (QED) is 0.0699. The number of allylic oxidation sites excluding steroid dienone is 2. The lowest BCUT2D eigenvalue weighted by atomic mass is 9.73. The maximum atomic E-state index is 14.5. The predicted octanol–water partition coefficient (Wildman–Crippen LogP) is 9.62. The highest BCUT2D eigenvalue weighted by Crippen LogP contribution is 2.42. The molecule has 0 spiro atoms. The van der Waals surface area contributed by atoms with Gasteiger partial charge in [0, 0.05) is 17.8 Å². The zero-order valence-electron chi connectivity index (χ0n) is 30.7. The van der Waals surface area contributed by atoms with Crippen LogP contribution >= 0.6 is 0 Å². The van der Waals surface area contributed by atoms with Gasteiger partial charge in [0.1, 0.15) is 5.78 Å². The highest BCUT2D eigenvalue weighted by atomic mass is 28.4. The first-order valence-electron chi connectivity index (χ1n) is 16.6. The maximum absolute atomic E-state index is 14.5. The zero-order chi connectivity index (χ0) is 34.7. The van der Waals surface area contributed by atoms with E-state index in [1.54, 1.807) is 6.08 Å². The molecule has 0 saturated carbocycles. The van der Waals surface area contributed by atoms with Crippen molar-refractivity contribution in [2.24, 2.45) is 17.3 Å². The van der Waals surface area contributed by atoms with Gasteiger partial charge in [-0.25, -0.2) is 0 Å². The summed E-state index contributed by atoms with van der Waals surface area (Å²) in [6, 6.07) is 2.62. The molecule has 0 fully saturated rings. The van der Waals surface area contributed by atoms with E-state index in [4.69, 9.17) is 13.6 Å². The summed E-state index contributed by atoms with van der Waals surface area (Å²) in [5.41, 5.74) is 0.0373. The number of Topliss-reactive ketones (excluding diaryl/α,β-unsaturated/α-hetero) is 2. The summed E-state index contributed by atoms with van der Waals surface area (Å²) in [7, 11) is -4.46. The van der Waals surface area contributed by atoms with E-state index in [0.717, 1.165) is 23.7 Å². The highest BCUT2D eigenvalue weighted by Gasteiger charge is 2.49. The molecule has 0 amide bonds. The van der Waals surface area contributed by atoms with Gasteiger partial charge in [0.05, 0.1) is 18.6 Å². The minimum Gasteiger partial charge on any atom is -0.454 e. The van der Waals surface area contributed by atoms with Crippen LogP contribution in [0.25, 0.3) is 0 Å². The third-order valence-electron chi connectivity index (χ3n) is 10.0. The van der Waals surface area contributed by atoms with E-state index in [2.05, 4.69) is 67.8 Å². The minimum absolute atomic E-state index is 0.00924. The molecule has 0 aromatic rings. The molecule has 5 atom stereocenters. The number of esters is 1. The molecular weight excluding hydrogens is 585 g/mol. The molecule has 0 radical (unpaired) electrons. The van der Waals surface area contributed by atoms with Gasteiger partial charge in [0.2, 0.25) is 0 Å². The number of ether oxygens (including phenoxy) is 1. The fraction of sp³-hybridized carbons (Fsp3) is 0.750. The third kappa shape index (κ3) is 12.0. The van der Waals surface area contributed by atoms with Gasteiger partial charge in [-0.2, -0.15) is 0 Å². The summed E-state index contributed by atoms with van der Waals surface area (Å²) < 4.78 is 19.6. The second kappa shape index (κ2) is 17.9. The fourth-order valence-electron chi connectivity index (χ4n) is 5.23. The summed E-state index contributed by atoms with van der Waals surface area (Å²) in [5, 5.41) is -0.0267. The first-order valence-corrected chi connectivity index (χ1v) is 22.0. The van der Waals surface area contributed by atoms with Crippen molar-refractivity contribution in [1.82, 2.24) is 0 Å². The van der Waals surface area contributed by atoms with E-state index in [1.807, 2.05) is 46.8 Å². The number of hydrogen-bond donors (Lipinski definition) is 0. The second-order valence-electron chi connectivity index (χ2n) is 14.7. The van der Waals surface area contributed by atoms with Gasteiger partial charge >= 0.3 is 5.97 Å². The van der Waals surface area contributed by atoms with Crippen molar-refractivity contribution in [1.29, 1.82) is 0 Å². The standard InChI is InChI=1S/C36H66O6Si2/c1-17-22-26(6)23-24-30(29(9)37)40-32(38)25-31(41-44(19-3,20-4)21-5)36(13,14)34(39)28(8)33(27(7)18-2)42-43(15,16)35(10,11)12/h17-18,23,27-28,30-31,33H,1-2,19-22,24-25H2,3-16H3/b26-23+/t27-,28+,30-,31-,33-/m0/s1. The van der Waals surface area contributed by atoms with Gasteiger partial charge < -0.3 is 13.6 Å². The number of ketones is 2. The molecule has 44 heavy (non-hydrogen) atoms. The van der Waals surface area contributed by atoms with Crippen molar-refractivity contribution in [3.63, 3.8) is 0 Å². The van der Waals surface area contributed by atoms with Gasteiger partial charge in [-0.1, -0.05) is 93.0 Å². The normalized spacial score (nSPS) is 16.8. The van der Waals surface area contributed by atoms with Gasteiger partial charge in [-0.05, 0) is 62.5 Å². The van der Waals surface area contributed by atoms with Gasteiger partial charge in [-0.3, -0.25) is 14.4 Å². The molecule has 0 aromatic carbocycles. The van der Waals surface area contributed by atoms with Crippen molar-refractivity contribution in [2.45, 2.75) is 157 Å². The Morgan fingerprint density at radius 1 is 0.886 bits per heavy atom. The second-order valence-corrected chi connectivity index (χ2v) is 24.2. The summed E-state index contributed by atoms with van der Waals surface area (Å²) >= 11 is 0. The average molecular weight is 651 g/mol. The Labute approximate surface area is 272 Å². The van der Waals surface area contributed by atoms with Crippen molar-refractivity contribution in [3.05, 3.63) is 37.0 Å². The molecule has 0 bridgehead atoms. The molecule has 254 valence electrons. The first-order chi connectivity index (χ1) is 20.1. The average Bonchev–Trinajstić information content (AvgIpc) is 2.94. The van der Waals surface area contributed by atoms with Crippen LogP contribution in [0.3, 0.4) is 0 Å². The molecule has 0 aliphatic heterocycles. The molecule has 6 nitrogen and oxygen atoms in total. The zero-order valence-corrected chi connectivity index (χ0v) is 32.7. The molecule has 0 aliphatic rings. The fourth-order valence-corrected chi connectivity index (χ4v) is 9.67. The van der Waals surface area contributed by atoms with Crippen molar-refractivity contribution < 1.29 is 28.0 Å². The predicted molar refractivity (Wildman–Crippen MR) is 190 cm³/mol. The summed E-state index contributed by atoms with van der Waals surface area (Å²) in [6.07, 6.45) is 4.52. The van der Waals surface area contributed by atoms with Crippen molar-refractivity contribution in [2.75, 3.05) is 0 Å². The largest absolute Gasteiger partial charge is 0.454 e. The Hall–Kier alpha value is -1.62. The Balaban J connectivity index is 6.55. The van der Waals surface area contributed by atoms with E-state index in [-0.39, 0.29) is 35.0 Å². The monoisotopic (exact) mass is 650 g/mol. The van der Waals surface area contributed by atoms with Gasteiger partial charge in [0.15, 0.2) is 28.5 Å². The number of hydrogen-bond acceptors (Lipinski definition) is 6. The SMILES string of the molecule is C=CC/C(C)=C/C[C@H](OC(=O)C[C@H](O[Si](CC)(CC)CC)C(C)(C)C(=O)[C@H](C)[C@@H](O[Si](C)(C)C(C)(C)C)[C@@H](C)C=C)C(C)=O. The summed E-state index contributed by atoms with van der Waals surface area (Å²) in [6.45, 7) is 36.3. The lowest BCUT2D eigenvalue weighted by Crippen LogP contribution is -2.53. The number of carbonyl (C=O) groups is 3. The van der Waals surface area contributed by atoms with Crippen molar-refractivity contribution >= 4 is 34.2 Å². The third-order valence-corrected chi connectivity index (χ3v) is 19.1. The van der Waals surface area contributed by atoms with E-state index >= 15 is 0 Å². The lowest BCUT2D eigenvalue weighted by Gasteiger charge is -2.45. The van der Waals surface area contributed by atoms with Gasteiger partial charge in [-0.15, -0.1) is 13.2 Å². The van der Waals surface area contributed by atoms with Crippen LogP contribution in [0, 0.1) is 17.3 Å². The van der Waals surface area contributed by atoms with Crippen LogP contribution in [0.15, 0.2) is 37.0 Å². The van der Waals surface area contributed by atoms with Crippen molar-refractivity contribution in [3.8, 4) is 0 Å². The molecule has 0 heterocycles. The molecule has 0 saturated heterocycles. The summed E-state index contributed by atoms with van der Waals surface area (Å²) in [4.78, 5) is 40.4. The molecular formula is C36H66O6Si2.